The summed E-state index contributed by atoms with van der Waals surface area (Å²) in [4.78, 5) is 37.2. The van der Waals surface area contributed by atoms with Crippen molar-refractivity contribution in [1.29, 1.82) is 0 Å². The summed E-state index contributed by atoms with van der Waals surface area (Å²) in [6.07, 6.45) is -6.57. The first-order valence-corrected chi connectivity index (χ1v) is 12.5. The van der Waals surface area contributed by atoms with Crippen LogP contribution in [-0.2, 0) is 25.6 Å². The SMILES string of the molecule is CC(C)(C)OC(=O)N[C@@H](CCCCNC(=O)OCc1ccccc1)C(=O)N[C@H]1C(O)[C@H](O)C(CO)O[C@H]1O. The number of amides is 3. The first kappa shape index (κ1) is 31.2. The lowest BCUT2D eigenvalue weighted by Gasteiger charge is -2.40. The Morgan fingerprint density at radius 3 is 2.34 bits per heavy atom. The van der Waals surface area contributed by atoms with Crippen LogP contribution < -0.4 is 16.0 Å². The minimum Gasteiger partial charge on any atom is -0.445 e. The topological polar surface area (TPSA) is 196 Å². The van der Waals surface area contributed by atoms with Gasteiger partial charge in [-0.3, -0.25) is 4.79 Å². The van der Waals surface area contributed by atoms with Crippen molar-refractivity contribution in [3.63, 3.8) is 0 Å². The number of rotatable bonds is 11. The van der Waals surface area contributed by atoms with Gasteiger partial charge in [-0.25, -0.2) is 9.59 Å². The van der Waals surface area contributed by atoms with Gasteiger partial charge in [0.15, 0.2) is 6.29 Å². The molecule has 1 aromatic rings. The van der Waals surface area contributed by atoms with E-state index in [1.165, 1.54) is 0 Å². The number of nitrogens with one attached hydrogen (secondary N) is 3. The van der Waals surface area contributed by atoms with Gasteiger partial charge in [-0.15, -0.1) is 0 Å². The molecule has 13 nitrogen and oxygen atoms in total. The number of benzene rings is 1. The van der Waals surface area contributed by atoms with Crippen molar-refractivity contribution in [2.24, 2.45) is 0 Å². The second kappa shape index (κ2) is 14.8. The molecule has 13 heteroatoms. The molecule has 0 spiro atoms. The van der Waals surface area contributed by atoms with E-state index in [1.807, 2.05) is 30.3 Å². The van der Waals surface area contributed by atoms with Gasteiger partial charge in [-0.2, -0.15) is 0 Å². The zero-order chi connectivity index (χ0) is 28.3. The molecule has 6 atom stereocenters. The number of unbranched alkanes of at least 4 members (excludes halogenated alkanes) is 1. The Labute approximate surface area is 221 Å². The average Bonchev–Trinajstić information content (AvgIpc) is 2.86. The van der Waals surface area contributed by atoms with Crippen LogP contribution in [0.25, 0.3) is 0 Å². The molecule has 1 saturated heterocycles. The highest BCUT2D eigenvalue weighted by molar-refractivity contribution is 5.86. The van der Waals surface area contributed by atoms with E-state index in [4.69, 9.17) is 14.2 Å². The number of hydrogen-bond donors (Lipinski definition) is 7. The fourth-order valence-corrected chi connectivity index (χ4v) is 3.67. The largest absolute Gasteiger partial charge is 0.445 e. The van der Waals surface area contributed by atoms with Gasteiger partial charge in [-0.05, 0) is 45.6 Å². The fourth-order valence-electron chi connectivity index (χ4n) is 3.67. The molecule has 1 fully saturated rings. The number of ether oxygens (including phenoxy) is 3. The zero-order valence-corrected chi connectivity index (χ0v) is 21.8. The fraction of sp³-hybridized carbons (Fsp3) is 0.640. The number of alkyl carbamates (subject to hydrolysis) is 2. The molecule has 0 aromatic heterocycles. The van der Waals surface area contributed by atoms with Crippen molar-refractivity contribution in [3.8, 4) is 0 Å². The third-order valence-electron chi connectivity index (χ3n) is 5.62. The van der Waals surface area contributed by atoms with Crippen molar-refractivity contribution in [1.82, 2.24) is 16.0 Å². The van der Waals surface area contributed by atoms with Crippen LogP contribution in [-0.4, -0.2) is 94.0 Å². The Morgan fingerprint density at radius 2 is 1.71 bits per heavy atom. The third kappa shape index (κ3) is 10.4. The molecule has 0 radical (unpaired) electrons. The van der Waals surface area contributed by atoms with E-state index in [0.717, 1.165) is 5.56 Å². The van der Waals surface area contributed by atoms with Gasteiger partial charge in [0.25, 0.3) is 0 Å². The predicted octanol–water partition coefficient (Wildman–Crippen LogP) is -0.107. The number of carbonyl (C=O) groups excluding carboxylic acids is 3. The van der Waals surface area contributed by atoms with Crippen LogP contribution in [0.4, 0.5) is 9.59 Å². The highest BCUT2D eigenvalue weighted by Crippen LogP contribution is 2.20. The normalized spacial score (nSPS) is 24.1. The van der Waals surface area contributed by atoms with E-state index < -0.39 is 67.0 Å². The minimum atomic E-state index is -1.71. The van der Waals surface area contributed by atoms with Gasteiger partial charge in [0.1, 0.15) is 42.6 Å². The summed E-state index contributed by atoms with van der Waals surface area (Å²) in [6, 6.07) is 6.67. The lowest BCUT2D eigenvalue weighted by molar-refractivity contribution is -0.254. The zero-order valence-electron chi connectivity index (χ0n) is 21.8. The highest BCUT2D eigenvalue weighted by Gasteiger charge is 2.45. The number of aliphatic hydroxyl groups excluding tert-OH is 4. The van der Waals surface area contributed by atoms with Crippen LogP contribution in [0.15, 0.2) is 30.3 Å². The van der Waals surface area contributed by atoms with Gasteiger partial charge >= 0.3 is 12.2 Å². The molecule has 38 heavy (non-hydrogen) atoms. The van der Waals surface area contributed by atoms with Crippen molar-refractivity contribution >= 4 is 18.1 Å². The first-order valence-electron chi connectivity index (χ1n) is 12.5. The summed E-state index contributed by atoms with van der Waals surface area (Å²) in [5.74, 6) is -0.757. The highest BCUT2D eigenvalue weighted by atomic mass is 16.6. The first-order chi connectivity index (χ1) is 17.9. The van der Waals surface area contributed by atoms with E-state index >= 15 is 0 Å². The molecule has 1 aromatic carbocycles. The molecular formula is C25H39N3O10. The molecular weight excluding hydrogens is 502 g/mol. The Morgan fingerprint density at radius 1 is 1.03 bits per heavy atom. The summed E-state index contributed by atoms with van der Waals surface area (Å²) in [5.41, 5.74) is 0.0324. The molecule has 3 amide bonds. The lowest BCUT2D eigenvalue weighted by atomic mass is 9.96. The van der Waals surface area contributed by atoms with Crippen molar-refractivity contribution in [3.05, 3.63) is 35.9 Å². The summed E-state index contributed by atoms with van der Waals surface area (Å²) in [7, 11) is 0. The van der Waals surface area contributed by atoms with E-state index in [1.54, 1.807) is 20.8 Å². The predicted molar refractivity (Wildman–Crippen MR) is 134 cm³/mol. The van der Waals surface area contributed by atoms with Crippen LogP contribution in [0, 0.1) is 0 Å². The number of hydrogen-bond acceptors (Lipinski definition) is 10. The van der Waals surface area contributed by atoms with E-state index in [-0.39, 0.29) is 19.6 Å². The Hall–Kier alpha value is -2.97. The second-order valence-electron chi connectivity index (χ2n) is 9.95. The van der Waals surface area contributed by atoms with Crippen LogP contribution in [0.2, 0.25) is 0 Å². The standard InChI is InChI=1S/C25H39N3O10/c1-25(2,3)38-24(35)27-16(21(32)28-18-20(31)19(30)17(13-29)37-22(18)33)11-7-8-12-26-23(34)36-14-15-9-5-4-6-10-15/h4-6,9-10,16-20,22,29-31,33H,7-8,11-14H2,1-3H3,(H,26,34)(H,27,35)(H,28,32)/t16-,17?,18-,19+,20?,22+/m0/s1. The molecule has 0 bridgehead atoms. The van der Waals surface area contributed by atoms with Crippen molar-refractivity contribution in [2.75, 3.05) is 13.2 Å². The smallest absolute Gasteiger partial charge is 0.408 e. The molecule has 2 unspecified atom stereocenters. The minimum absolute atomic E-state index is 0.130. The van der Waals surface area contributed by atoms with E-state index in [2.05, 4.69) is 16.0 Å². The van der Waals surface area contributed by atoms with Gasteiger partial charge < -0.3 is 50.6 Å². The average molecular weight is 542 g/mol. The summed E-state index contributed by atoms with van der Waals surface area (Å²) in [5, 5.41) is 47.2. The van der Waals surface area contributed by atoms with Crippen LogP contribution in [0.5, 0.6) is 0 Å². The summed E-state index contributed by atoms with van der Waals surface area (Å²) < 4.78 is 15.4. The number of aliphatic hydroxyl groups is 4. The lowest BCUT2D eigenvalue weighted by Crippen LogP contribution is -2.65. The molecule has 1 aliphatic rings. The Bertz CT molecular complexity index is 895. The second-order valence-corrected chi connectivity index (χ2v) is 9.95. The van der Waals surface area contributed by atoms with Crippen LogP contribution in [0.1, 0.15) is 45.6 Å². The Kier molecular flexibility index (Phi) is 12.2. The van der Waals surface area contributed by atoms with Crippen LogP contribution in [0.3, 0.4) is 0 Å². The summed E-state index contributed by atoms with van der Waals surface area (Å²) in [6.45, 7) is 4.73. The van der Waals surface area contributed by atoms with Gasteiger partial charge in [0.2, 0.25) is 5.91 Å². The molecule has 2 rings (SSSR count). The molecule has 0 aliphatic carbocycles. The molecule has 214 valence electrons. The van der Waals surface area contributed by atoms with E-state index in [0.29, 0.717) is 12.8 Å². The van der Waals surface area contributed by atoms with Gasteiger partial charge in [0, 0.05) is 6.54 Å². The number of carbonyl (C=O) groups is 3. The summed E-state index contributed by atoms with van der Waals surface area (Å²) >= 11 is 0. The maximum atomic E-state index is 13.0. The molecule has 7 N–H and O–H groups in total. The van der Waals surface area contributed by atoms with Gasteiger partial charge in [0.05, 0.1) is 6.61 Å². The monoisotopic (exact) mass is 541 g/mol. The van der Waals surface area contributed by atoms with Crippen molar-refractivity contribution < 1.29 is 49.0 Å². The third-order valence-corrected chi connectivity index (χ3v) is 5.62. The quantitative estimate of drug-likeness (QED) is 0.186. The molecule has 0 saturated carbocycles. The Balaban J connectivity index is 1.88. The van der Waals surface area contributed by atoms with Crippen molar-refractivity contribution in [2.45, 2.75) is 88.9 Å². The van der Waals surface area contributed by atoms with Gasteiger partial charge in [-0.1, -0.05) is 30.3 Å². The molecule has 1 aliphatic heterocycles. The van der Waals surface area contributed by atoms with E-state index in [9.17, 15) is 34.8 Å². The molecule has 1 heterocycles. The van der Waals surface area contributed by atoms with Crippen LogP contribution >= 0.6 is 0 Å². The maximum Gasteiger partial charge on any atom is 0.408 e. The maximum absolute atomic E-state index is 13.0.